The Bertz CT molecular complexity index is 822. The Morgan fingerprint density at radius 3 is 2.19 bits per heavy atom. The van der Waals surface area contributed by atoms with Crippen LogP contribution in [-0.2, 0) is 16.0 Å². The number of ether oxygens (including phenoxy) is 1. The third-order valence-electron chi connectivity index (χ3n) is 6.32. The number of carbonyl (C=O) groups is 1. The third-order valence-corrected chi connectivity index (χ3v) is 6.32. The van der Waals surface area contributed by atoms with Crippen LogP contribution in [0.5, 0.6) is 0 Å². The summed E-state index contributed by atoms with van der Waals surface area (Å²) in [5.74, 6) is 0.451. The first-order chi connectivity index (χ1) is 17.4. The van der Waals surface area contributed by atoms with E-state index >= 15 is 0 Å². The molecule has 36 heavy (non-hydrogen) atoms. The first kappa shape index (κ1) is 30.0. The maximum absolute atomic E-state index is 12.4. The van der Waals surface area contributed by atoms with Crippen LogP contribution in [0.25, 0.3) is 0 Å². The van der Waals surface area contributed by atoms with E-state index in [-0.39, 0.29) is 25.0 Å². The number of aliphatic hydroxyl groups is 3. The van der Waals surface area contributed by atoms with Crippen LogP contribution in [0.4, 0.5) is 0 Å². The number of carbonyl (C=O) groups excluding carboxylic acids is 1. The van der Waals surface area contributed by atoms with Gasteiger partial charge in [0.1, 0.15) is 36.0 Å². The highest BCUT2D eigenvalue weighted by Crippen LogP contribution is 2.23. The molecular weight excluding hydrogens is 464 g/mol. The summed E-state index contributed by atoms with van der Waals surface area (Å²) in [5, 5.41) is 30.8. The summed E-state index contributed by atoms with van der Waals surface area (Å²) < 4.78 is 16.0. The van der Waals surface area contributed by atoms with Crippen molar-refractivity contribution in [2.75, 3.05) is 0 Å². The molecule has 2 heterocycles. The van der Waals surface area contributed by atoms with E-state index < -0.39 is 30.4 Å². The normalized spacial score (nSPS) is 14.9. The maximum atomic E-state index is 12.4. The lowest BCUT2D eigenvalue weighted by Crippen LogP contribution is -2.40. The van der Waals surface area contributed by atoms with E-state index in [2.05, 4.69) is 16.9 Å². The predicted octanol–water partition coefficient (Wildman–Crippen LogP) is 5.03. The van der Waals surface area contributed by atoms with E-state index in [0.29, 0.717) is 18.1 Å². The minimum absolute atomic E-state index is 0.121. The largest absolute Gasteiger partial charge is 0.459 e. The highest BCUT2D eigenvalue weighted by atomic mass is 16.6. The molecule has 0 bridgehead atoms. The van der Waals surface area contributed by atoms with Gasteiger partial charge in [-0.1, -0.05) is 71.1 Å². The molecule has 0 fully saturated rings. The van der Waals surface area contributed by atoms with Crippen molar-refractivity contribution in [2.24, 2.45) is 0 Å². The zero-order chi connectivity index (χ0) is 26.2. The lowest BCUT2D eigenvalue weighted by molar-refractivity contribution is -0.162. The van der Waals surface area contributed by atoms with Gasteiger partial charge in [0.15, 0.2) is 6.39 Å². The molecule has 0 aliphatic rings. The molecule has 0 saturated heterocycles. The second-order valence-corrected chi connectivity index (χ2v) is 9.61. The summed E-state index contributed by atoms with van der Waals surface area (Å²) in [6.45, 7) is 3.64. The van der Waals surface area contributed by atoms with Crippen LogP contribution < -0.4 is 0 Å². The van der Waals surface area contributed by atoms with Gasteiger partial charge < -0.3 is 28.9 Å². The molecular formula is C27H44N2O7. The van der Waals surface area contributed by atoms with Crippen molar-refractivity contribution in [3.63, 3.8) is 0 Å². The molecule has 9 heteroatoms. The molecule has 2 rings (SSSR count). The summed E-state index contributed by atoms with van der Waals surface area (Å²) in [6, 6.07) is 0. The molecule has 0 aliphatic heterocycles. The van der Waals surface area contributed by atoms with Gasteiger partial charge in [-0.3, -0.25) is 4.79 Å². The number of hydrogen-bond acceptors (Lipinski definition) is 9. The molecule has 3 N–H and O–H groups in total. The van der Waals surface area contributed by atoms with Crippen LogP contribution in [0, 0.1) is 0 Å². The Hall–Kier alpha value is -2.23. The number of unbranched alkanes of at least 4 members (excludes halogenated alkanes) is 10. The average Bonchev–Trinajstić information content (AvgIpc) is 3.54. The van der Waals surface area contributed by atoms with Crippen LogP contribution in [0.15, 0.2) is 27.7 Å². The Morgan fingerprint density at radius 1 is 0.972 bits per heavy atom. The van der Waals surface area contributed by atoms with Crippen LogP contribution in [-0.4, -0.2) is 49.6 Å². The second kappa shape index (κ2) is 17.3. The quantitative estimate of drug-likeness (QED) is 0.166. The Morgan fingerprint density at radius 2 is 1.61 bits per heavy atom. The third kappa shape index (κ3) is 11.7. The smallest absolute Gasteiger partial charge is 0.306 e. The summed E-state index contributed by atoms with van der Waals surface area (Å²) in [6.07, 6.45) is 12.9. The van der Waals surface area contributed by atoms with Crippen molar-refractivity contribution in [3.05, 3.63) is 36.2 Å². The van der Waals surface area contributed by atoms with Crippen molar-refractivity contribution in [2.45, 2.75) is 128 Å². The van der Waals surface area contributed by atoms with E-state index in [9.17, 15) is 20.1 Å². The molecule has 0 radical (unpaired) electrons. The second-order valence-electron chi connectivity index (χ2n) is 9.61. The highest BCUT2D eigenvalue weighted by Gasteiger charge is 2.31. The van der Waals surface area contributed by atoms with Gasteiger partial charge in [-0.25, -0.2) is 9.97 Å². The zero-order valence-electron chi connectivity index (χ0n) is 21.8. The lowest BCUT2D eigenvalue weighted by atomic mass is 10.0. The van der Waals surface area contributed by atoms with Crippen molar-refractivity contribution in [1.29, 1.82) is 0 Å². The Balaban J connectivity index is 1.71. The van der Waals surface area contributed by atoms with Gasteiger partial charge in [-0.2, -0.15) is 0 Å². The fourth-order valence-electron chi connectivity index (χ4n) is 4.11. The van der Waals surface area contributed by atoms with E-state index in [0.717, 1.165) is 12.8 Å². The highest BCUT2D eigenvalue weighted by molar-refractivity contribution is 5.69. The van der Waals surface area contributed by atoms with Gasteiger partial charge in [0.25, 0.3) is 0 Å². The van der Waals surface area contributed by atoms with E-state index in [1.807, 2.05) is 0 Å². The molecule has 4 atom stereocenters. The van der Waals surface area contributed by atoms with Crippen LogP contribution in [0.2, 0.25) is 0 Å². The first-order valence-electron chi connectivity index (χ1n) is 13.5. The Kier molecular flexibility index (Phi) is 14.4. The van der Waals surface area contributed by atoms with E-state index in [4.69, 9.17) is 13.6 Å². The van der Waals surface area contributed by atoms with Crippen molar-refractivity contribution >= 4 is 5.97 Å². The molecule has 0 aromatic carbocycles. The minimum Gasteiger partial charge on any atom is -0.459 e. The lowest BCUT2D eigenvalue weighted by Gasteiger charge is -2.26. The molecule has 2 aromatic heterocycles. The molecule has 0 aliphatic carbocycles. The molecule has 0 amide bonds. The Labute approximate surface area is 214 Å². The van der Waals surface area contributed by atoms with Crippen LogP contribution in [0.3, 0.4) is 0 Å². The zero-order valence-corrected chi connectivity index (χ0v) is 21.8. The van der Waals surface area contributed by atoms with Crippen molar-refractivity contribution in [3.8, 4) is 0 Å². The fraction of sp³-hybridized carbons (Fsp3) is 0.741. The molecule has 0 spiro atoms. The van der Waals surface area contributed by atoms with Crippen LogP contribution >= 0.6 is 0 Å². The molecule has 9 nitrogen and oxygen atoms in total. The van der Waals surface area contributed by atoms with Gasteiger partial charge in [-0.15, -0.1) is 0 Å². The fourth-order valence-corrected chi connectivity index (χ4v) is 4.11. The van der Waals surface area contributed by atoms with Gasteiger partial charge in [0.05, 0.1) is 18.7 Å². The van der Waals surface area contributed by atoms with Gasteiger partial charge >= 0.3 is 5.97 Å². The van der Waals surface area contributed by atoms with Crippen molar-refractivity contribution < 1.29 is 33.7 Å². The standard InChI is InChI=1S/C27H44N2O7/c1-3-4-5-6-7-8-9-10-11-12-13-14-26(32)36-24(27(33)20(2)30)16-23(31)22-18-34-25(29-22)15-21-17-28-19-35-21/h17-20,23-24,27,30-31,33H,3-16H2,1-2H3. The number of esters is 1. The maximum Gasteiger partial charge on any atom is 0.306 e. The minimum atomic E-state index is -1.33. The number of rotatable bonds is 20. The van der Waals surface area contributed by atoms with Gasteiger partial charge in [0, 0.05) is 12.8 Å². The summed E-state index contributed by atoms with van der Waals surface area (Å²) in [7, 11) is 0. The predicted molar refractivity (Wildman–Crippen MR) is 134 cm³/mol. The van der Waals surface area contributed by atoms with Crippen molar-refractivity contribution in [1.82, 2.24) is 9.97 Å². The number of hydrogen-bond donors (Lipinski definition) is 3. The number of nitrogens with zero attached hydrogens (tertiary/aromatic N) is 2. The van der Waals surface area contributed by atoms with Gasteiger partial charge in [0.2, 0.25) is 5.89 Å². The molecule has 4 unspecified atom stereocenters. The molecule has 0 saturated carbocycles. The SMILES string of the molecule is CCCCCCCCCCCCCC(=O)OC(CC(O)c1coc(Cc2cnco2)n1)C(O)C(C)O. The summed E-state index contributed by atoms with van der Waals surface area (Å²) in [4.78, 5) is 20.5. The topological polar surface area (TPSA) is 139 Å². The van der Waals surface area contributed by atoms with Crippen LogP contribution in [0.1, 0.15) is 121 Å². The number of oxazole rings is 2. The monoisotopic (exact) mass is 508 g/mol. The average molecular weight is 509 g/mol. The number of aromatic nitrogens is 2. The van der Waals surface area contributed by atoms with Gasteiger partial charge in [-0.05, 0) is 13.3 Å². The summed E-state index contributed by atoms with van der Waals surface area (Å²) in [5.41, 5.74) is 0.244. The molecule has 204 valence electrons. The number of aliphatic hydroxyl groups excluding tert-OH is 3. The first-order valence-corrected chi connectivity index (χ1v) is 13.5. The van der Waals surface area contributed by atoms with E-state index in [1.165, 1.54) is 70.9 Å². The summed E-state index contributed by atoms with van der Waals surface area (Å²) >= 11 is 0. The molecule has 2 aromatic rings. The van der Waals surface area contributed by atoms with E-state index in [1.54, 1.807) is 6.20 Å².